The molecule has 1 unspecified atom stereocenters. The fourth-order valence-electron chi connectivity index (χ4n) is 0.370. The van der Waals surface area contributed by atoms with Gasteiger partial charge in [0.2, 0.25) is 0 Å². The van der Waals surface area contributed by atoms with Gasteiger partial charge in [0.25, 0.3) is 0 Å². The van der Waals surface area contributed by atoms with Crippen molar-refractivity contribution in [2.75, 3.05) is 13.2 Å². The Balaban J connectivity index is 3.05. The lowest BCUT2D eigenvalue weighted by Gasteiger charge is -2.02. The van der Waals surface area contributed by atoms with E-state index in [0.717, 1.165) is 6.29 Å². The molecule has 0 fully saturated rings. The zero-order valence-corrected chi connectivity index (χ0v) is 5.67. The number of aldehydes is 1. The molecule has 0 aliphatic heterocycles. The molecule has 0 bridgehead atoms. The summed E-state index contributed by atoms with van der Waals surface area (Å²) in [6.45, 7) is 6.33. The molecule has 0 aliphatic carbocycles. The maximum atomic E-state index is 9.72. The topological polar surface area (TPSA) is 26.3 Å². The molecule has 0 aromatic carbocycles. The summed E-state index contributed by atoms with van der Waals surface area (Å²) < 4.78 is 4.90. The summed E-state index contributed by atoms with van der Waals surface area (Å²) >= 11 is 0. The molecule has 0 aromatic heterocycles. The summed E-state index contributed by atoms with van der Waals surface area (Å²) in [7, 11) is 0. The van der Waals surface area contributed by atoms with Crippen molar-refractivity contribution in [2.45, 2.75) is 6.92 Å². The quantitative estimate of drug-likeness (QED) is 0.314. The molecule has 0 aromatic rings. The van der Waals surface area contributed by atoms with Gasteiger partial charge in [0.1, 0.15) is 12.9 Å². The number of hydrogen-bond acceptors (Lipinski definition) is 2. The van der Waals surface area contributed by atoms with Crippen LogP contribution in [-0.4, -0.2) is 19.5 Å². The number of carbonyl (C=O) groups is 1. The van der Waals surface area contributed by atoms with Crippen molar-refractivity contribution in [3.8, 4) is 0 Å². The number of rotatable bonds is 5. The Bertz CT molecular complexity index is 88.9. The Morgan fingerprint density at radius 1 is 1.78 bits per heavy atom. The molecule has 0 saturated carbocycles. The first-order valence-electron chi connectivity index (χ1n) is 2.95. The number of ether oxygens (including phenoxy) is 1. The van der Waals surface area contributed by atoms with Crippen molar-refractivity contribution >= 4 is 6.29 Å². The van der Waals surface area contributed by atoms with Crippen LogP contribution in [0.5, 0.6) is 0 Å². The normalized spacial score (nSPS) is 12.6. The van der Waals surface area contributed by atoms with E-state index in [-0.39, 0.29) is 6.61 Å². The lowest BCUT2D eigenvalue weighted by atomic mass is 10.2. The van der Waals surface area contributed by atoms with E-state index in [0.29, 0.717) is 12.5 Å². The van der Waals surface area contributed by atoms with Crippen LogP contribution in [0.4, 0.5) is 0 Å². The molecule has 0 heterocycles. The highest BCUT2D eigenvalue weighted by atomic mass is 16.5. The predicted octanol–water partition coefficient (Wildman–Crippen LogP) is 1.02. The molecule has 9 heavy (non-hydrogen) atoms. The second-order valence-corrected chi connectivity index (χ2v) is 1.92. The van der Waals surface area contributed by atoms with E-state index in [1.807, 2.05) is 6.92 Å². The largest absolute Gasteiger partial charge is 0.373 e. The van der Waals surface area contributed by atoms with Gasteiger partial charge >= 0.3 is 0 Å². The summed E-state index contributed by atoms with van der Waals surface area (Å²) in [6.07, 6.45) is 2.54. The first-order valence-corrected chi connectivity index (χ1v) is 2.95. The molecule has 0 aliphatic rings. The van der Waals surface area contributed by atoms with Crippen LogP contribution >= 0.6 is 0 Å². The van der Waals surface area contributed by atoms with Crippen molar-refractivity contribution in [2.24, 2.45) is 5.92 Å². The van der Waals surface area contributed by atoms with Gasteiger partial charge in [-0.25, -0.2) is 0 Å². The first kappa shape index (κ1) is 8.37. The van der Waals surface area contributed by atoms with E-state index in [1.54, 1.807) is 6.08 Å². The van der Waals surface area contributed by atoms with Crippen molar-refractivity contribution < 1.29 is 9.53 Å². The van der Waals surface area contributed by atoms with Gasteiger partial charge in [-0.15, -0.1) is 6.58 Å². The highest BCUT2D eigenvalue weighted by Gasteiger charge is 1.93. The van der Waals surface area contributed by atoms with E-state index in [4.69, 9.17) is 4.74 Å². The lowest BCUT2D eigenvalue weighted by molar-refractivity contribution is -0.112. The summed E-state index contributed by atoms with van der Waals surface area (Å²) in [6, 6.07) is 0. The molecule has 0 N–H and O–H groups in total. The average Bonchev–Trinajstić information content (AvgIpc) is 1.89. The third-order valence-electron chi connectivity index (χ3n) is 0.969. The smallest absolute Gasteiger partial charge is 0.145 e. The zero-order valence-electron chi connectivity index (χ0n) is 5.67. The monoisotopic (exact) mass is 128 g/mol. The fraction of sp³-hybridized carbons (Fsp3) is 0.571. The van der Waals surface area contributed by atoms with E-state index < -0.39 is 0 Å². The van der Waals surface area contributed by atoms with Gasteiger partial charge < -0.3 is 9.53 Å². The minimum Gasteiger partial charge on any atom is -0.373 e. The van der Waals surface area contributed by atoms with Crippen LogP contribution in [0, 0.1) is 5.92 Å². The van der Waals surface area contributed by atoms with E-state index in [1.165, 1.54) is 0 Å². The second-order valence-electron chi connectivity index (χ2n) is 1.92. The Morgan fingerprint density at radius 3 is 2.89 bits per heavy atom. The Labute approximate surface area is 55.5 Å². The lowest BCUT2D eigenvalue weighted by Crippen LogP contribution is -2.04. The van der Waals surface area contributed by atoms with Gasteiger partial charge in [-0.3, -0.25) is 0 Å². The van der Waals surface area contributed by atoms with Gasteiger partial charge in [-0.1, -0.05) is 13.0 Å². The zero-order chi connectivity index (χ0) is 7.11. The van der Waals surface area contributed by atoms with E-state index in [9.17, 15) is 4.79 Å². The van der Waals surface area contributed by atoms with Crippen LogP contribution in [0.2, 0.25) is 0 Å². The van der Waals surface area contributed by atoms with Gasteiger partial charge in [0, 0.05) is 0 Å². The summed E-state index contributed by atoms with van der Waals surface area (Å²) in [5.74, 6) is 0.338. The third kappa shape index (κ3) is 5.24. The SMILES string of the molecule is C=CC(C)COCC=O. The minimum absolute atomic E-state index is 0.193. The van der Waals surface area contributed by atoms with Gasteiger partial charge in [0.15, 0.2) is 0 Å². The Morgan fingerprint density at radius 2 is 2.44 bits per heavy atom. The van der Waals surface area contributed by atoms with Gasteiger partial charge in [-0.2, -0.15) is 0 Å². The van der Waals surface area contributed by atoms with Crippen LogP contribution < -0.4 is 0 Å². The molecule has 0 amide bonds. The summed E-state index contributed by atoms with van der Waals surface area (Å²) in [4.78, 5) is 9.72. The number of hydrogen-bond donors (Lipinski definition) is 0. The molecule has 2 heteroatoms. The van der Waals surface area contributed by atoms with Gasteiger partial charge in [-0.05, 0) is 5.92 Å². The molecule has 2 nitrogen and oxygen atoms in total. The molecule has 0 spiro atoms. The standard InChI is InChI=1S/C7H12O2/c1-3-7(2)6-9-5-4-8/h3-4,7H,1,5-6H2,2H3. The van der Waals surface area contributed by atoms with Crippen LogP contribution in [0.3, 0.4) is 0 Å². The Kier molecular flexibility index (Phi) is 5.12. The van der Waals surface area contributed by atoms with Gasteiger partial charge in [0.05, 0.1) is 6.61 Å². The second kappa shape index (κ2) is 5.51. The fourth-order valence-corrected chi connectivity index (χ4v) is 0.370. The van der Waals surface area contributed by atoms with Crippen molar-refractivity contribution in [1.29, 1.82) is 0 Å². The molecular formula is C7H12O2. The highest BCUT2D eigenvalue weighted by Crippen LogP contribution is 1.94. The highest BCUT2D eigenvalue weighted by molar-refractivity contribution is 5.50. The number of carbonyl (C=O) groups excluding carboxylic acids is 1. The van der Waals surface area contributed by atoms with E-state index >= 15 is 0 Å². The van der Waals surface area contributed by atoms with Crippen molar-refractivity contribution in [3.05, 3.63) is 12.7 Å². The molecule has 0 saturated heterocycles. The third-order valence-corrected chi connectivity index (χ3v) is 0.969. The Hall–Kier alpha value is -0.630. The molecule has 0 rings (SSSR count). The van der Waals surface area contributed by atoms with Crippen LogP contribution in [-0.2, 0) is 9.53 Å². The molecular weight excluding hydrogens is 116 g/mol. The average molecular weight is 128 g/mol. The first-order chi connectivity index (χ1) is 4.31. The summed E-state index contributed by atoms with van der Waals surface area (Å²) in [5.41, 5.74) is 0. The van der Waals surface area contributed by atoms with E-state index in [2.05, 4.69) is 6.58 Å². The maximum Gasteiger partial charge on any atom is 0.145 e. The molecule has 52 valence electrons. The molecule has 1 atom stereocenters. The van der Waals surface area contributed by atoms with Crippen LogP contribution in [0.15, 0.2) is 12.7 Å². The summed E-state index contributed by atoms with van der Waals surface area (Å²) in [5, 5.41) is 0. The van der Waals surface area contributed by atoms with Crippen molar-refractivity contribution in [1.82, 2.24) is 0 Å². The minimum atomic E-state index is 0.193. The predicted molar refractivity (Wildman–Crippen MR) is 36.2 cm³/mol. The van der Waals surface area contributed by atoms with Crippen molar-refractivity contribution in [3.63, 3.8) is 0 Å². The molecule has 0 radical (unpaired) electrons. The van der Waals surface area contributed by atoms with Crippen LogP contribution in [0.25, 0.3) is 0 Å². The maximum absolute atomic E-state index is 9.72. The van der Waals surface area contributed by atoms with Crippen LogP contribution in [0.1, 0.15) is 6.92 Å².